The van der Waals surface area contributed by atoms with Gasteiger partial charge in [-0.3, -0.25) is 4.79 Å². The fourth-order valence-electron chi connectivity index (χ4n) is 2.10. The number of hydrogen-bond acceptors (Lipinski definition) is 3. The van der Waals surface area contributed by atoms with Crippen LogP contribution in [0.5, 0.6) is 5.75 Å². The van der Waals surface area contributed by atoms with E-state index in [4.69, 9.17) is 4.74 Å². The third-order valence-electron chi connectivity index (χ3n) is 3.44. The molecule has 1 N–H and O–H groups in total. The molecule has 0 unspecified atom stereocenters. The summed E-state index contributed by atoms with van der Waals surface area (Å²) in [6.45, 7) is 3.85. The van der Waals surface area contributed by atoms with Crippen molar-refractivity contribution in [1.29, 1.82) is 0 Å². The molecule has 0 bridgehead atoms. The summed E-state index contributed by atoms with van der Waals surface area (Å²) in [5.41, 5.74) is 1.89. The number of hydrogen-bond donors (Lipinski definition) is 1. The molecule has 0 aromatic heterocycles. The van der Waals surface area contributed by atoms with E-state index in [2.05, 4.69) is 5.32 Å². The lowest BCUT2D eigenvalue weighted by atomic mass is 10.1. The van der Waals surface area contributed by atoms with Gasteiger partial charge in [0.1, 0.15) is 0 Å². The van der Waals surface area contributed by atoms with E-state index in [1.807, 2.05) is 38.1 Å². The molecular formula is C18H20FNO2S. The van der Waals surface area contributed by atoms with Crippen molar-refractivity contribution in [1.82, 2.24) is 5.32 Å². The number of carbonyl (C=O) groups is 1. The SMILES string of the molecule is COc1ccc([C@@H](C)NC(=O)CSc2ccc(C)cc2)cc1F. The standard InChI is InChI=1S/C18H20FNO2S/c1-12-4-7-15(8-5-12)23-11-18(21)20-13(2)14-6-9-17(22-3)16(19)10-14/h4-10,13H,11H2,1-3H3,(H,20,21)/t13-/m1/s1. The Morgan fingerprint density at radius 1 is 1.26 bits per heavy atom. The van der Waals surface area contributed by atoms with Crippen LogP contribution in [0.3, 0.4) is 0 Å². The Labute approximate surface area is 140 Å². The Morgan fingerprint density at radius 2 is 1.96 bits per heavy atom. The number of amides is 1. The maximum atomic E-state index is 13.7. The van der Waals surface area contributed by atoms with Gasteiger partial charge in [-0.15, -0.1) is 11.8 Å². The molecule has 0 spiro atoms. The van der Waals surface area contributed by atoms with E-state index in [0.29, 0.717) is 11.3 Å². The lowest BCUT2D eigenvalue weighted by Gasteiger charge is -2.15. The minimum absolute atomic E-state index is 0.0840. The molecule has 0 saturated carbocycles. The van der Waals surface area contributed by atoms with Gasteiger partial charge in [0.2, 0.25) is 5.91 Å². The second kappa shape index (κ2) is 8.02. The van der Waals surface area contributed by atoms with Crippen molar-refractivity contribution in [3.8, 4) is 5.75 Å². The fraction of sp³-hybridized carbons (Fsp3) is 0.278. The first kappa shape index (κ1) is 17.3. The summed E-state index contributed by atoms with van der Waals surface area (Å²) < 4.78 is 18.6. The number of nitrogens with one attached hydrogen (secondary N) is 1. The highest BCUT2D eigenvalue weighted by Crippen LogP contribution is 2.22. The maximum absolute atomic E-state index is 13.7. The minimum Gasteiger partial charge on any atom is -0.494 e. The highest BCUT2D eigenvalue weighted by atomic mass is 32.2. The van der Waals surface area contributed by atoms with Crippen LogP contribution in [-0.2, 0) is 4.79 Å². The Bertz CT molecular complexity index is 673. The van der Waals surface area contributed by atoms with Gasteiger partial charge in [0, 0.05) is 4.90 Å². The molecule has 0 radical (unpaired) electrons. The average molecular weight is 333 g/mol. The van der Waals surface area contributed by atoms with Crippen molar-refractivity contribution in [2.75, 3.05) is 12.9 Å². The molecule has 3 nitrogen and oxygen atoms in total. The number of aryl methyl sites for hydroxylation is 1. The van der Waals surface area contributed by atoms with Crippen LogP contribution in [0.2, 0.25) is 0 Å². The molecule has 122 valence electrons. The van der Waals surface area contributed by atoms with E-state index in [1.54, 1.807) is 12.1 Å². The highest BCUT2D eigenvalue weighted by molar-refractivity contribution is 8.00. The number of thioether (sulfide) groups is 1. The van der Waals surface area contributed by atoms with E-state index in [-0.39, 0.29) is 17.7 Å². The van der Waals surface area contributed by atoms with E-state index in [1.165, 1.54) is 30.5 Å². The smallest absolute Gasteiger partial charge is 0.230 e. The predicted molar refractivity (Wildman–Crippen MR) is 91.4 cm³/mol. The number of carbonyl (C=O) groups excluding carboxylic acids is 1. The van der Waals surface area contributed by atoms with E-state index >= 15 is 0 Å². The molecule has 2 rings (SSSR count). The molecule has 0 saturated heterocycles. The number of ether oxygens (including phenoxy) is 1. The van der Waals surface area contributed by atoms with Crippen LogP contribution in [0.15, 0.2) is 47.4 Å². The monoisotopic (exact) mass is 333 g/mol. The van der Waals surface area contributed by atoms with Crippen LogP contribution in [0.25, 0.3) is 0 Å². The van der Waals surface area contributed by atoms with Crippen LogP contribution in [0.4, 0.5) is 4.39 Å². The van der Waals surface area contributed by atoms with Gasteiger partial charge < -0.3 is 10.1 Å². The molecule has 2 aromatic rings. The normalized spacial score (nSPS) is 11.8. The Balaban J connectivity index is 1.89. The number of benzene rings is 2. The molecule has 0 heterocycles. The van der Waals surface area contributed by atoms with Crippen molar-refractivity contribution in [2.24, 2.45) is 0 Å². The molecule has 0 fully saturated rings. The lowest BCUT2D eigenvalue weighted by molar-refractivity contribution is -0.119. The first-order chi connectivity index (χ1) is 11.0. The van der Waals surface area contributed by atoms with Crippen molar-refractivity contribution in [3.05, 3.63) is 59.4 Å². The molecule has 0 aliphatic heterocycles. The van der Waals surface area contributed by atoms with E-state index in [9.17, 15) is 9.18 Å². The zero-order valence-electron chi connectivity index (χ0n) is 13.4. The number of halogens is 1. The zero-order valence-corrected chi connectivity index (χ0v) is 14.2. The van der Waals surface area contributed by atoms with Crippen molar-refractivity contribution in [3.63, 3.8) is 0 Å². The summed E-state index contributed by atoms with van der Waals surface area (Å²) >= 11 is 1.48. The third kappa shape index (κ3) is 4.99. The Morgan fingerprint density at radius 3 is 2.57 bits per heavy atom. The lowest BCUT2D eigenvalue weighted by Crippen LogP contribution is -2.28. The summed E-state index contributed by atoms with van der Waals surface area (Å²) in [6.07, 6.45) is 0. The highest BCUT2D eigenvalue weighted by Gasteiger charge is 2.12. The molecule has 0 aliphatic carbocycles. The van der Waals surface area contributed by atoms with Gasteiger partial charge in [-0.1, -0.05) is 23.8 Å². The van der Waals surface area contributed by atoms with Crippen molar-refractivity contribution in [2.45, 2.75) is 24.8 Å². The van der Waals surface area contributed by atoms with Gasteiger partial charge in [0.05, 0.1) is 18.9 Å². The number of rotatable bonds is 6. The fourth-order valence-corrected chi connectivity index (χ4v) is 2.81. The van der Waals surface area contributed by atoms with E-state index in [0.717, 1.165) is 4.90 Å². The van der Waals surface area contributed by atoms with Crippen LogP contribution in [0.1, 0.15) is 24.1 Å². The van der Waals surface area contributed by atoms with Gasteiger partial charge >= 0.3 is 0 Å². The maximum Gasteiger partial charge on any atom is 0.230 e. The molecule has 0 aliphatic rings. The van der Waals surface area contributed by atoms with Gasteiger partial charge in [-0.05, 0) is 43.7 Å². The molecular weight excluding hydrogens is 313 g/mol. The van der Waals surface area contributed by atoms with Crippen LogP contribution in [0, 0.1) is 12.7 Å². The molecule has 23 heavy (non-hydrogen) atoms. The zero-order chi connectivity index (χ0) is 16.8. The first-order valence-electron chi connectivity index (χ1n) is 7.32. The van der Waals surface area contributed by atoms with Crippen LogP contribution < -0.4 is 10.1 Å². The second-order valence-electron chi connectivity index (χ2n) is 5.28. The molecule has 1 amide bonds. The molecule has 5 heteroatoms. The molecule has 1 atom stereocenters. The quantitative estimate of drug-likeness (QED) is 0.809. The van der Waals surface area contributed by atoms with Gasteiger partial charge in [-0.25, -0.2) is 4.39 Å². The Kier molecular flexibility index (Phi) is 6.04. The minimum atomic E-state index is -0.430. The largest absolute Gasteiger partial charge is 0.494 e. The van der Waals surface area contributed by atoms with Crippen LogP contribution >= 0.6 is 11.8 Å². The predicted octanol–water partition coefficient (Wildman–Crippen LogP) is 4.11. The van der Waals surface area contributed by atoms with Gasteiger partial charge in [0.25, 0.3) is 0 Å². The summed E-state index contributed by atoms with van der Waals surface area (Å²) in [7, 11) is 1.42. The second-order valence-corrected chi connectivity index (χ2v) is 6.33. The van der Waals surface area contributed by atoms with Crippen molar-refractivity contribution < 1.29 is 13.9 Å². The van der Waals surface area contributed by atoms with Crippen LogP contribution in [-0.4, -0.2) is 18.8 Å². The summed E-state index contributed by atoms with van der Waals surface area (Å²) in [5, 5.41) is 2.88. The Hall–Kier alpha value is -2.01. The summed E-state index contributed by atoms with van der Waals surface area (Å²) in [6, 6.07) is 12.5. The number of methoxy groups -OCH3 is 1. The van der Waals surface area contributed by atoms with Gasteiger partial charge in [0.15, 0.2) is 11.6 Å². The molecule has 2 aromatic carbocycles. The summed E-state index contributed by atoms with van der Waals surface area (Å²) in [5.74, 6) is 0.00750. The van der Waals surface area contributed by atoms with Crippen molar-refractivity contribution >= 4 is 17.7 Å². The van der Waals surface area contributed by atoms with E-state index < -0.39 is 5.82 Å². The third-order valence-corrected chi connectivity index (χ3v) is 4.46. The van der Waals surface area contributed by atoms with Gasteiger partial charge in [-0.2, -0.15) is 0 Å². The average Bonchev–Trinajstić information content (AvgIpc) is 2.54. The topological polar surface area (TPSA) is 38.3 Å². The summed E-state index contributed by atoms with van der Waals surface area (Å²) in [4.78, 5) is 13.1. The first-order valence-corrected chi connectivity index (χ1v) is 8.30.